The summed E-state index contributed by atoms with van der Waals surface area (Å²) in [6, 6.07) is 1.91. The molecule has 1 amide bonds. The normalized spacial score (nSPS) is 22.6. The number of aromatic nitrogens is 1. The summed E-state index contributed by atoms with van der Waals surface area (Å²) in [5.74, 6) is 7.61. The summed E-state index contributed by atoms with van der Waals surface area (Å²) >= 11 is 0. The van der Waals surface area contributed by atoms with Crippen molar-refractivity contribution in [3.05, 3.63) is 23.5 Å². The molecule has 1 saturated carbocycles. The van der Waals surface area contributed by atoms with Crippen LogP contribution in [0.25, 0.3) is 0 Å². The lowest BCUT2D eigenvalue weighted by Crippen LogP contribution is -2.70. The Hall–Kier alpha value is -2.22. The Kier molecular flexibility index (Phi) is 4.40. The van der Waals surface area contributed by atoms with Crippen LogP contribution in [0.2, 0.25) is 0 Å². The van der Waals surface area contributed by atoms with Crippen LogP contribution in [0.3, 0.4) is 0 Å². The highest BCUT2D eigenvalue weighted by Crippen LogP contribution is 2.45. The smallest absolute Gasteiger partial charge is 0.407 e. The Bertz CT molecular complexity index is 738. The van der Waals surface area contributed by atoms with Gasteiger partial charge in [0.25, 0.3) is 0 Å². The molecule has 1 saturated heterocycles. The van der Waals surface area contributed by atoms with Gasteiger partial charge in [0.15, 0.2) is 0 Å². The molecule has 0 unspecified atom stereocenters. The van der Waals surface area contributed by atoms with E-state index in [1.165, 1.54) is 17.7 Å². The molecule has 2 aliphatic rings. The molecule has 1 aliphatic carbocycles. The monoisotopic (exact) mass is 342 g/mol. The molecule has 5 heteroatoms. The van der Waals surface area contributed by atoms with Crippen LogP contribution < -0.4 is 4.74 Å². The van der Waals surface area contributed by atoms with Crippen molar-refractivity contribution < 1.29 is 14.6 Å². The standard InChI is InChI=1S/C20H26N2O3/c1-14-17(11-16(12-21-14)8-7-15-5-6-15)25-13-20(19(2,3)4)9-10-22(20)18(23)24/h11-12,15H,5-6,9-10,13H2,1-4H3,(H,23,24)/t20-/m1/s1. The van der Waals surface area contributed by atoms with Gasteiger partial charge in [0.1, 0.15) is 12.4 Å². The number of carboxylic acid groups (broad SMARTS) is 1. The van der Waals surface area contributed by atoms with E-state index < -0.39 is 11.6 Å². The Morgan fingerprint density at radius 1 is 1.48 bits per heavy atom. The quantitative estimate of drug-likeness (QED) is 0.851. The molecule has 1 aromatic heterocycles. The molecule has 2 fully saturated rings. The fourth-order valence-electron chi connectivity index (χ4n) is 3.26. The van der Waals surface area contributed by atoms with E-state index in [1.807, 2.05) is 13.0 Å². The highest BCUT2D eigenvalue weighted by atomic mass is 16.5. The van der Waals surface area contributed by atoms with E-state index in [0.29, 0.717) is 24.8 Å². The molecule has 134 valence electrons. The van der Waals surface area contributed by atoms with E-state index in [1.54, 1.807) is 6.20 Å². The summed E-state index contributed by atoms with van der Waals surface area (Å²) in [6.45, 7) is 8.97. The maximum atomic E-state index is 11.6. The Morgan fingerprint density at radius 2 is 2.20 bits per heavy atom. The third-order valence-electron chi connectivity index (χ3n) is 5.40. The second kappa shape index (κ2) is 6.25. The Morgan fingerprint density at radius 3 is 2.72 bits per heavy atom. The fraction of sp³-hybridized carbons (Fsp3) is 0.600. The molecule has 2 heterocycles. The van der Waals surface area contributed by atoms with Gasteiger partial charge in [0.2, 0.25) is 0 Å². The molecule has 0 radical (unpaired) electrons. The van der Waals surface area contributed by atoms with Crippen LogP contribution in [0.1, 0.15) is 51.3 Å². The summed E-state index contributed by atoms with van der Waals surface area (Å²) in [6.07, 6.45) is 4.06. The maximum absolute atomic E-state index is 11.6. The lowest BCUT2D eigenvalue weighted by molar-refractivity contribution is -0.0962. The minimum absolute atomic E-state index is 0.214. The van der Waals surface area contributed by atoms with Gasteiger partial charge in [0, 0.05) is 24.2 Å². The largest absolute Gasteiger partial charge is 0.489 e. The molecular weight excluding hydrogens is 316 g/mol. The summed E-state index contributed by atoms with van der Waals surface area (Å²) in [4.78, 5) is 17.5. The van der Waals surface area contributed by atoms with E-state index in [0.717, 1.165) is 17.7 Å². The van der Waals surface area contributed by atoms with Crippen LogP contribution in [-0.4, -0.2) is 39.8 Å². The third-order valence-corrected chi connectivity index (χ3v) is 5.40. The van der Waals surface area contributed by atoms with E-state index in [-0.39, 0.29) is 5.41 Å². The summed E-state index contributed by atoms with van der Waals surface area (Å²) in [7, 11) is 0. The highest BCUT2D eigenvalue weighted by Gasteiger charge is 2.56. The van der Waals surface area contributed by atoms with Crippen molar-refractivity contribution in [3.8, 4) is 17.6 Å². The molecule has 1 aromatic rings. The van der Waals surface area contributed by atoms with Crippen molar-refractivity contribution >= 4 is 6.09 Å². The number of amides is 1. The van der Waals surface area contributed by atoms with Gasteiger partial charge in [-0.1, -0.05) is 32.6 Å². The second-order valence-electron chi connectivity index (χ2n) is 8.11. The molecule has 0 bridgehead atoms. The SMILES string of the molecule is Cc1ncc(C#CC2CC2)cc1OC[C@@]1(C(C)(C)C)CCN1C(=O)O. The molecule has 1 aliphatic heterocycles. The molecule has 0 aromatic carbocycles. The number of aryl methyl sites for hydroxylation is 1. The average Bonchev–Trinajstić information content (AvgIpc) is 3.29. The lowest BCUT2D eigenvalue weighted by Gasteiger charge is -2.58. The summed E-state index contributed by atoms with van der Waals surface area (Å²) in [5.41, 5.74) is 0.915. The number of nitrogens with zero attached hydrogens (tertiary/aromatic N) is 2. The number of hydrogen-bond donors (Lipinski definition) is 1. The van der Waals surface area contributed by atoms with Crippen LogP contribution in [-0.2, 0) is 0 Å². The van der Waals surface area contributed by atoms with Gasteiger partial charge in [-0.05, 0) is 37.7 Å². The van der Waals surface area contributed by atoms with Gasteiger partial charge < -0.3 is 9.84 Å². The molecule has 5 nitrogen and oxygen atoms in total. The lowest BCUT2D eigenvalue weighted by atomic mass is 9.66. The van der Waals surface area contributed by atoms with Gasteiger partial charge in [-0.3, -0.25) is 9.88 Å². The number of pyridine rings is 1. The van der Waals surface area contributed by atoms with Crippen molar-refractivity contribution in [2.75, 3.05) is 13.2 Å². The molecule has 1 atom stereocenters. The summed E-state index contributed by atoms with van der Waals surface area (Å²) in [5, 5.41) is 9.50. The van der Waals surface area contributed by atoms with Gasteiger partial charge in [-0.2, -0.15) is 0 Å². The summed E-state index contributed by atoms with van der Waals surface area (Å²) < 4.78 is 6.08. The molecule has 0 spiro atoms. The first kappa shape index (κ1) is 17.6. The Labute approximate surface area is 149 Å². The number of likely N-dealkylation sites (tertiary alicyclic amines) is 1. The van der Waals surface area contributed by atoms with Crippen LogP contribution in [0.5, 0.6) is 5.75 Å². The number of rotatable bonds is 3. The second-order valence-corrected chi connectivity index (χ2v) is 8.11. The van der Waals surface area contributed by atoms with Crippen LogP contribution >= 0.6 is 0 Å². The minimum atomic E-state index is -0.885. The Balaban J connectivity index is 1.78. The molecule has 3 rings (SSSR count). The van der Waals surface area contributed by atoms with Crippen LogP contribution in [0, 0.1) is 30.1 Å². The number of hydrogen-bond acceptors (Lipinski definition) is 3. The predicted molar refractivity (Wildman–Crippen MR) is 95.6 cm³/mol. The van der Waals surface area contributed by atoms with E-state index >= 15 is 0 Å². The molecule has 25 heavy (non-hydrogen) atoms. The van der Waals surface area contributed by atoms with Gasteiger partial charge in [-0.25, -0.2) is 4.79 Å². The van der Waals surface area contributed by atoms with Crippen molar-refractivity contribution in [1.82, 2.24) is 9.88 Å². The topological polar surface area (TPSA) is 62.7 Å². The first-order chi connectivity index (χ1) is 11.7. The van der Waals surface area contributed by atoms with Crippen molar-refractivity contribution in [2.24, 2.45) is 11.3 Å². The maximum Gasteiger partial charge on any atom is 0.407 e. The van der Waals surface area contributed by atoms with E-state index in [2.05, 4.69) is 37.6 Å². The zero-order valence-corrected chi connectivity index (χ0v) is 15.4. The number of carbonyl (C=O) groups is 1. The predicted octanol–water partition coefficient (Wildman–Crippen LogP) is 3.70. The minimum Gasteiger partial charge on any atom is -0.489 e. The van der Waals surface area contributed by atoms with Crippen LogP contribution in [0.4, 0.5) is 4.79 Å². The third kappa shape index (κ3) is 3.44. The zero-order chi connectivity index (χ0) is 18.2. The zero-order valence-electron chi connectivity index (χ0n) is 15.4. The van der Waals surface area contributed by atoms with Crippen molar-refractivity contribution in [2.45, 2.75) is 52.5 Å². The molecule has 1 N–H and O–H groups in total. The average molecular weight is 342 g/mol. The number of ether oxygens (including phenoxy) is 1. The first-order valence-corrected chi connectivity index (χ1v) is 8.84. The van der Waals surface area contributed by atoms with Crippen molar-refractivity contribution in [3.63, 3.8) is 0 Å². The first-order valence-electron chi connectivity index (χ1n) is 8.84. The van der Waals surface area contributed by atoms with Gasteiger partial charge in [-0.15, -0.1) is 0 Å². The van der Waals surface area contributed by atoms with Gasteiger partial charge in [0.05, 0.1) is 11.2 Å². The van der Waals surface area contributed by atoms with E-state index in [9.17, 15) is 9.90 Å². The van der Waals surface area contributed by atoms with Crippen molar-refractivity contribution in [1.29, 1.82) is 0 Å². The highest BCUT2D eigenvalue weighted by molar-refractivity contribution is 5.68. The molecular formula is C20H26N2O3. The fourth-order valence-corrected chi connectivity index (χ4v) is 3.26. The van der Waals surface area contributed by atoms with E-state index in [4.69, 9.17) is 4.74 Å². The van der Waals surface area contributed by atoms with Gasteiger partial charge >= 0.3 is 6.09 Å². The van der Waals surface area contributed by atoms with Crippen LogP contribution in [0.15, 0.2) is 12.3 Å².